The van der Waals surface area contributed by atoms with E-state index in [2.05, 4.69) is 66.6 Å². The highest BCUT2D eigenvalue weighted by Crippen LogP contribution is 2.32. The summed E-state index contributed by atoms with van der Waals surface area (Å²) < 4.78 is 2.22. The van der Waals surface area contributed by atoms with Crippen molar-refractivity contribution in [1.82, 2.24) is 9.58 Å². The fraction of sp³-hybridized carbons (Fsp3) is 0.333. The van der Waals surface area contributed by atoms with Gasteiger partial charge in [-0.25, -0.2) is 0 Å². The number of unbranched alkanes of at least 4 members (excludes halogenated alkanes) is 1. The lowest BCUT2D eigenvalue weighted by Crippen LogP contribution is -2.35. The molecule has 1 aromatic carbocycles. The standard InChI is InChI=1S/C24H27N5OS/c1-6-7-11-20-27-29-22(25)19(23(30)26-24(29)31-20)13-18-12-16(4)28(17(18)5)21-14(2)9-8-10-15(21)3/h8-10,12-13,25H,6-7,11H2,1-5H3. The van der Waals surface area contributed by atoms with Crippen LogP contribution < -0.4 is 0 Å². The van der Waals surface area contributed by atoms with Crippen LogP contribution >= 0.6 is 11.8 Å². The molecule has 4 rings (SSSR count). The third-order valence-corrected chi connectivity index (χ3v) is 6.64. The summed E-state index contributed by atoms with van der Waals surface area (Å²) in [7, 11) is 0. The number of carbonyl (C=O) groups excluding carboxylic acids is 1. The predicted octanol–water partition coefficient (Wildman–Crippen LogP) is 5.52. The molecule has 0 atom stereocenters. The van der Waals surface area contributed by atoms with Gasteiger partial charge in [0.25, 0.3) is 5.91 Å². The van der Waals surface area contributed by atoms with Gasteiger partial charge in [0.05, 0.1) is 11.3 Å². The Balaban J connectivity index is 1.73. The number of aryl methyl sites for hydroxylation is 3. The van der Waals surface area contributed by atoms with E-state index in [1.54, 1.807) is 6.08 Å². The Morgan fingerprint density at radius 3 is 2.55 bits per heavy atom. The zero-order chi connectivity index (χ0) is 22.3. The van der Waals surface area contributed by atoms with Crippen LogP contribution in [0.5, 0.6) is 0 Å². The number of benzene rings is 1. The molecule has 0 saturated heterocycles. The van der Waals surface area contributed by atoms with Crippen LogP contribution in [0.25, 0.3) is 11.8 Å². The van der Waals surface area contributed by atoms with E-state index in [0.29, 0.717) is 5.17 Å². The van der Waals surface area contributed by atoms with Gasteiger partial charge in [-0.2, -0.15) is 15.1 Å². The number of nitrogens with zero attached hydrogens (tertiary/aromatic N) is 4. The van der Waals surface area contributed by atoms with Crippen molar-refractivity contribution in [3.63, 3.8) is 0 Å². The second-order valence-corrected chi connectivity index (χ2v) is 9.06. The highest BCUT2D eigenvalue weighted by molar-refractivity contribution is 8.26. The number of amidine groups is 2. The molecule has 6 nitrogen and oxygen atoms in total. The first-order valence-corrected chi connectivity index (χ1v) is 11.4. The van der Waals surface area contributed by atoms with Crippen LogP contribution in [0.4, 0.5) is 0 Å². The summed E-state index contributed by atoms with van der Waals surface area (Å²) in [6, 6.07) is 8.33. The van der Waals surface area contributed by atoms with E-state index < -0.39 is 0 Å². The minimum absolute atomic E-state index is 0.0888. The molecule has 0 fully saturated rings. The van der Waals surface area contributed by atoms with Gasteiger partial charge in [-0.3, -0.25) is 10.2 Å². The maximum Gasteiger partial charge on any atom is 0.283 e. The van der Waals surface area contributed by atoms with Crippen molar-refractivity contribution in [3.05, 3.63) is 57.9 Å². The van der Waals surface area contributed by atoms with Gasteiger partial charge in [0.2, 0.25) is 5.17 Å². The van der Waals surface area contributed by atoms with Crippen molar-refractivity contribution in [1.29, 1.82) is 5.41 Å². The van der Waals surface area contributed by atoms with Crippen molar-refractivity contribution in [3.8, 4) is 5.69 Å². The van der Waals surface area contributed by atoms with Gasteiger partial charge in [-0.1, -0.05) is 31.5 Å². The molecule has 7 heteroatoms. The van der Waals surface area contributed by atoms with Crippen LogP contribution in [0.15, 0.2) is 39.9 Å². The zero-order valence-corrected chi connectivity index (χ0v) is 19.4. The van der Waals surface area contributed by atoms with E-state index in [0.717, 1.165) is 46.9 Å². The van der Waals surface area contributed by atoms with Gasteiger partial charge < -0.3 is 4.57 Å². The maximum absolute atomic E-state index is 12.8. The molecule has 0 unspecified atom stereocenters. The van der Waals surface area contributed by atoms with Crippen LogP contribution in [0.2, 0.25) is 0 Å². The maximum atomic E-state index is 12.8. The third kappa shape index (κ3) is 3.78. The molecular formula is C24H27N5OS. The number of carbonyl (C=O) groups is 1. The molecule has 0 radical (unpaired) electrons. The number of hydrogen-bond acceptors (Lipinski definition) is 4. The second-order valence-electron chi connectivity index (χ2n) is 8.02. The summed E-state index contributed by atoms with van der Waals surface area (Å²) >= 11 is 1.39. The number of hydrogen-bond donors (Lipinski definition) is 1. The van der Waals surface area contributed by atoms with Crippen molar-refractivity contribution in [2.24, 2.45) is 10.1 Å². The monoisotopic (exact) mass is 433 g/mol. The van der Waals surface area contributed by atoms with Gasteiger partial charge in [0.15, 0.2) is 5.84 Å². The summed E-state index contributed by atoms with van der Waals surface area (Å²) in [6.07, 6.45) is 4.72. The predicted molar refractivity (Wildman–Crippen MR) is 129 cm³/mol. The number of nitrogens with one attached hydrogen (secondary N) is 1. The van der Waals surface area contributed by atoms with Crippen molar-refractivity contribution in [2.75, 3.05) is 0 Å². The SMILES string of the molecule is CCCCC1=NN2C(=N)C(=Cc3cc(C)n(-c4c(C)cccc4C)c3C)C(=O)N=C2S1. The average molecular weight is 434 g/mol. The summed E-state index contributed by atoms with van der Waals surface area (Å²) in [5, 5.41) is 16.0. The van der Waals surface area contributed by atoms with Crippen LogP contribution in [-0.2, 0) is 4.79 Å². The van der Waals surface area contributed by atoms with E-state index in [1.807, 2.05) is 6.92 Å². The van der Waals surface area contributed by atoms with Crippen LogP contribution in [-0.4, -0.2) is 31.5 Å². The summed E-state index contributed by atoms with van der Waals surface area (Å²) in [5.41, 5.74) is 6.84. The number of aliphatic imine (C=N–C) groups is 1. The highest BCUT2D eigenvalue weighted by atomic mass is 32.2. The molecular weight excluding hydrogens is 406 g/mol. The molecule has 0 aliphatic carbocycles. The number of para-hydroxylation sites is 1. The Kier molecular flexibility index (Phi) is 5.71. The lowest BCUT2D eigenvalue weighted by Gasteiger charge is -2.20. The molecule has 3 heterocycles. The van der Waals surface area contributed by atoms with Gasteiger partial charge in [-0.15, -0.1) is 0 Å². The average Bonchev–Trinajstić information content (AvgIpc) is 3.25. The molecule has 1 aromatic heterocycles. The Hall–Kier alpha value is -2.93. The van der Waals surface area contributed by atoms with E-state index in [1.165, 1.54) is 27.9 Å². The fourth-order valence-electron chi connectivity index (χ4n) is 4.05. The first-order valence-electron chi connectivity index (χ1n) is 10.6. The molecule has 0 saturated carbocycles. The zero-order valence-electron chi connectivity index (χ0n) is 18.6. The van der Waals surface area contributed by atoms with E-state index >= 15 is 0 Å². The van der Waals surface area contributed by atoms with Gasteiger partial charge in [-0.05, 0) is 81.1 Å². The number of hydrazone groups is 1. The largest absolute Gasteiger partial charge is 0.317 e. The Morgan fingerprint density at radius 2 is 1.87 bits per heavy atom. The summed E-state index contributed by atoms with van der Waals surface area (Å²) in [4.78, 5) is 17.0. The fourth-order valence-corrected chi connectivity index (χ4v) is 4.98. The second kappa shape index (κ2) is 8.30. The smallest absolute Gasteiger partial charge is 0.283 e. The van der Waals surface area contributed by atoms with Gasteiger partial charge in [0.1, 0.15) is 5.04 Å². The summed E-state index contributed by atoms with van der Waals surface area (Å²) in [6.45, 7) is 10.5. The molecule has 1 amide bonds. The molecule has 1 N–H and O–H groups in total. The van der Waals surface area contributed by atoms with E-state index in [9.17, 15) is 4.79 Å². The number of aromatic nitrogens is 1. The minimum Gasteiger partial charge on any atom is -0.317 e. The Morgan fingerprint density at radius 1 is 1.16 bits per heavy atom. The summed E-state index contributed by atoms with van der Waals surface area (Å²) in [5.74, 6) is -0.293. The normalized spacial score (nSPS) is 17.3. The van der Waals surface area contributed by atoms with Crippen molar-refractivity contribution >= 4 is 39.8 Å². The lowest BCUT2D eigenvalue weighted by atomic mass is 10.1. The quantitative estimate of drug-likeness (QED) is 0.631. The molecule has 0 bridgehead atoms. The third-order valence-electron chi connectivity index (χ3n) is 5.67. The molecule has 2 aromatic rings. The molecule has 2 aliphatic heterocycles. The van der Waals surface area contributed by atoms with Crippen molar-refractivity contribution < 1.29 is 4.79 Å². The number of fused-ring (bicyclic) bond motifs is 1. The molecule has 0 spiro atoms. The minimum atomic E-state index is -0.382. The topological polar surface area (TPSA) is 73.8 Å². The molecule has 31 heavy (non-hydrogen) atoms. The Bertz CT molecular complexity index is 1160. The van der Waals surface area contributed by atoms with Crippen molar-refractivity contribution in [2.45, 2.75) is 53.9 Å². The molecule has 160 valence electrons. The number of thioether (sulfide) groups is 1. The van der Waals surface area contributed by atoms with Gasteiger partial charge in [0, 0.05) is 11.4 Å². The van der Waals surface area contributed by atoms with Crippen LogP contribution in [0.1, 0.15) is 54.3 Å². The van der Waals surface area contributed by atoms with Gasteiger partial charge >= 0.3 is 0 Å². The number of rotatable bonds is 5. The first-order chi connectivity index (χ1) is 14.8. The first kappa shape index (κ1) is 21.3. The Labute approximate surface area is 187 Å². The van der Waals surface area contributed by atoms with E-state index in [4.69, 9.17) is 5.41 Å². The van der Waals surface area contributed by atoms with Crippen LogP contribution in [0.3, 0.4) is 0 Å². The molecule has 2 aliphatic rings. The van der Waals surface area contributed by atoms with E-state index in [-0.39, 0.29) is 17.3 Å². The van der Waals surface area contributed by atoms with Crippen LogP contribution in [0, 0.1) is 33.1 Å². The number of amides is 1. The highest BCUT2D eigenvalue weighted by Gasteiger charge is 2.35. The lowest BCUT2D eigenvalue weighted by molar-refractivity contribution is -0.114.